The molecule has 0 aliphatic rings. The molecule has 0 unspecified atom stereocenters. The summed E-state index contributed by atoms with van der Waals surface area (Å²) in [4.78, 5) is 25.8. The van der Waals surface area contributed by atoms with Gasteiger partial charge in [-0.15, -0.1) is 11.3 Å². The summed E-state index contributed by atoms with van der Waals surface area (Å²) in [5.74, 6) is -0.324. The second-order valence-electron chi connectivity index (χ2n) is 7.93. The maximum absolute atomic E-state index is 12.9. The summed E-state index contributed by atoms with van der Waals surface area (Å²) >= 11 is 7.44. The fraction of sp³-hybridized carbons (Fsp3) is 0. The second kappa shape index (κ2) is 10.6. The quantitative estimate of drug-likeness (QED) is 0.183. The van der Waals surface area contributed by atoms with E-state index in [0.29, 0.717) is 21.2 Å². The van der Waals surface area contributed by atoms with E-state index < -0.39 is 0 Å². The van der Waals surface area contributed by atoms with Gasteiger partial charge in [-0.05, 0) is 72.1 Å². The molecule has 0 fully saturated rings. The van der Waals surface area contributed by atoms with Gasteiger partial charge in [-0.3, -0.25) is 9.59 Å². The van der Waals surface area contributed by atoms with Gasteiger partial charge in [0.1, 0.15) is 0 Å². The first kappa shape index (κ1) is 23.5. The predicted molar refractivity (Wildman–Crippen MR) is 146 cm³/mol. The van der Waals surface area contributed by atoms with E-state index in [4.69, 9.17) is 16.7 Å². The Labute approximate surface area is 217 Å². The van der Waals surface area contributed by atoms with Gasteiger partial charge in [0.05, 0.1) is 16.3 Å². The third-order valence-corrected chi connectivity index (χ3v) is 6.59. The minimum atomic E-state index is -0.172. The molecule has 176 valence electrons. The Morgan fingerprint density at radius 1 is 0.889 bits per heavy atom. The van der Waals surface area contributed by atoms with Gasteiger partial charge >= 0.3 is 0 Å². The standard InChI is InChI=1S/C29H20ClN3O2S/c30-23-13-8-21(9-14-23)28-22(19-33(32-28)25-5-2-1-3-6-25)12-17-26(34)20-10-15-24(16-11-20)31-29(35)27-7-4-18-36-27/h1-19H,(H,31,35)/b17-12+. The van der Waals surface area contributed by atoms with Gasteiger partial charge in [0.15, 0.2) is 5.78 Å². The number of hydrogen-bond donors (Lipinski definition) is 1. The molecule has 1 N–H and O–H groups in total. The van der Waals surface area contributed by atoms with Crippen LogP contribution in [0.15, 0.2) is 109 Å². The summed E-state index contributed by atoms with van der Waals surface area (Å²) < 4.78 is 1.79. The lowest BCUT2D eigenvalue weighted by Gasteiger charge is -2.04. The number of thiophene rings is 1. The molecule has 36 heavy (non-hydrogen) atoms. The largest absolute Gasteiger partial charge is 0.321 e. The normalized spacial score (nSPS) is 11.0. The van der Waals surface area contributed by atoms with Crippen molar-refractivity contribution in [2.24, 2.45) is 0 Å². The molecule has 5 aromatic rings. The number of rotatable bonds is 7. The molecule has 0 aliphatic carbocycles. The van der Waals surface area contributed by atoms with Crippen LogP contribution in [0.1, 0.15) is 25.6 Å². The molecule has 5 nitrogen and oxygen atoms in total. The van der Waals surface area contributed by atoms with E-state index in [1.54, 1.807) is 41.1 Å². The zero-order chi connectivity index (χ0) is 24.9. The minimum Gasteiger partial charge on any atom is -0.321 e. The first-order valence-corrected chi connectivity index (χ1v) is 12.4. The van der Waals surface area contributed by atoms with E-state index in [-0.39, 0.29) is 11.7 Å². The molecule has 0 bridgehead atoms. The van der Waals surface area contributed by atoms with Crippen molar-refractivity contribution >= 4 is 46.4 Å². The fourth-order valence-corrected chi connectivity index (χ4v) is 4.38. The molecule has 3 aromatic carbocycles. The van der Waals surface area contributed by atoms with Crippen LogP contribution >= 0.6 is 22.9 Å². The summed E-state index contributed by atoms with van der Waals surface area (Å²) in [5.41, 5.74) is 4.50. The Morgan fingerprint density at radius 2 is 1.64 bits per heavy atom. The lowest BCUT2D eigenvalue weighted by molar-refractivity contribution is 0.102. The molecule has 2 aromatic heterocycles. The van der Waals surface area contributed by atoms with Crippen LogP contribution in [0.5, 0.6) is 0 Å². The minimum absolute atomic E-state index is 0.152. The highest BCUT2D eigenvalue weighted by Gasteiger charge is 2.12. The van der Waals surface area contributed by atoms with Crippen LogP contribution in [0.3, 0.4) is 0 Å². The van der Waals surface area contributed by atoms with Gasteiger partial charge in [-0.1, -0.05) is 48.0 Å². The summed E-state index contributed by atoms with van der Waals surface area (Å²) in [6.07, 6.45) is 5.20. The molecule has 5 rings (SSSR count). The monoisotopic (exact) mass is 509 g/mol. The number of para-hydroxylation sites is 1. The van der Waals surface area contributed by atoms with E-state index in [2.05, 4.69) is 5.32 Å². The van der Waals surface area contributed by atoms with Gasteiger partial charge in [0.25, 0.3) is 5.91 Å². The molecule has 7 heteroatoms. The Bertz CT molecular complexity index is 1520. The van der Waals surface area contributed by atoms with Crippen LogP contribution < -0.4 is 5.32 Å². The number of nitrogens with one attached hydrogen (secondary N) is 1. The lowest BCUT2D eigenvalue weighted by atomic mass is 10.1. The molecular weight excluding hydrogens is 490 g/mol. The van der Waals surface area contributed by atoms with Crippen molar-refractivity contribution in [3.05, 3.63) is 130 Å². The maximum Gasteiger partial charge on any atom is 0.265 e. The molecule has 2 heterocycles. The molecule has 1 amide bonds. The van der Waals surface area contributed by atoms with Gasteiger partial charge in [0.2, 0.25) is 0 Å². The molecule has 0 spiro atoms. The summed E-state index contributed by atoms with van der Waals surface area (Å²) in [6, 6.07) is 27.7. The SMILES string of the molecule is O=C(/C=C/c1cn(-c2ccccc2)nc1-c1ccc(Cl)cc1)c1ccc(NC(=O)c2cccs2)cc1. The highest BCUT2D eigenvalue weighted by Crippen LogP contribution is 2.26. The first-order chi connectivity index (χ1) is 17.6. The van der Waals surface area contributed by atoms with Crippen molar-refractivity contribution in [3.8, 4) is 16.9 Å². The van der Waals surface area contributed by atoms with Crippen LogP contribution in [-0.4, -0.2) is 21.5 Å². The number of anilines is 1. The number of benzene rings is 3. The van der Waals surface area contributed by atoms with Crippen LogP contribution in [0.25, 0.3) is 23.0 Å². The summed E-state index contributed by atoms with van der Waals surface area (Å²) in [5, 5.41) is 10.1. The van der Waals surface area contributed by atoms with E-state index in [9.17, 15) is 9.59 Å². The molecule has 0 saturated carbocycles. The van der Waals surface area contributed by atoms with Crippen molar-refractivity contribution in [2.45, 2.75) is 0 Å². The second-order valence-corrected chi connectivity index (χ2v) is 9.31. The zero-order valence-electron chi connectivity index (χ0n) is 19.0. The van der Waals surface area contributed by atoms with Gasteiger partial charge in [-0.25, -0.2) is 4.68 Å². The van der Waals surface area contributed by atoms with Gasteiger partial charge in [-0.2, -0.15) is 5.10 Å². The Kier molecular flexibility index (Phi) is 6.89. The molecule has 0 atom stereocenters. The Balaban J connectivity index is 1.37. The van der Waals surface area contributed by atoms with Crippen molar-refractivity contribution in [1.29, 1.82) is 0 Å². The van der Waals surface area contributed by atoms with Gasteiger partial charge in [0, 0.05) is 33.6 Å². The number of nitrogens with zero attached hydrogens (tertiary/aromatic N) is 2. The smallest absolute Gasteiger partial charge is 0.265 e. The summed E-state index contributed by atoms with van der Waals surface area (Å²) in [6.45, 7) is 0. The topological polar surface area (TPSA) is 64.0 Å². The molecule has 0 saturated heterocycles. The zero-order valence-corrected chi connectivity index (χ0v) is 20.5. The molecule has 0 aliphatic heterocycles. The Morgan fingerprint density at radius 3 is 2.33 bits per heavy atom. The van der Waals surface area contributed by atoms with Crippen molar-refractivity contribution in [2.75, 3.05) is 5.32 Å². The Hall–Kier alpha value is -4.26. The van der Waals surface area contributed by atoms with Crippen molar-refractivity contribution < 1.29 is 9.59 Å². The average Bonchev–Trinajstić information content (AvgIpc) is 3.60. The number of halogens is 1. The third-order valence-electron chi connectivity index (χ3n) is 5.47. The van der Waals surface area contributed by atoms with E-state index in [1.807, 2.05) is 72.2 Å². The van der Waals surface area contributed by atoms with Crippen molar-refractivity contribution in [3.63, 3.8) is 0 Å². The van der Waals surface area contributed by atoms with Crippen molar-refractivity contribution in [1.82, 2.24) is 9.78 Å². The van der Waals surface area contributed by atoms with Crippen LogP contribution in [0, 0.1) is 0 Å². The highest BCUT2D eigenvalue weighted by atomic mass is 35.5. The first-order valence-electron chi connectivity index (χ1n) is 11.2. The average molecular weight is 510 g/mol. The number of carbonyl (C=O) groups is 2. The molecular formula is C29H20ClN3O2S. The third kappa shape index (κ3) is 5.35. The van der Waals surface area contributed by atoms with E-state index in [0.717, 1.165) is 22.5 Å². The predicted octanol–water partition coefficient (Wildman–Crippen LogP) is 7.40. The number of hydrogen-bond acceptors (Lipinski definition) is 4. The number of carbonyl (C=O) groups excluding carboxylic acids is 2. The summed E-state index contributed by atoms with van der Waals surface area (Å²) in [7, 11) is 0. The highest BCUT2D eigenvalue weighted by molar-refractivity contribution is 7.12. The van der Waals surface area contributed by atoms with Crippen LogP contribution in [0.4, 0.5) is 5.69 Å². The van der Waals surface area contributed by atoms with Crippen LogP contribution in [0.2, 0.25) is 5.02 Å². The van der Waals surface area contributed by atoms with E-state index >= 15 is 0 Å². The number of amides is 1. The number of ketones is 1. The molecule has 0 radical (unpaired) electrons. The van der Waals surface area contributed by atoms with Gasteiger partial charge < -0.3 is 5.32 Å². The van der Waals surface area contributed by atoms with E-state index in [1.165, 1.54) is 17.4 Å². The fourth-order valence-electron chi connectivity index (χ4n) is 3.63. The maximum atomic E-state index is 12.9. The lowest BCUT2D eigenvalue weighted by Crippen LogP contribution is -2.10. The van der Waals surface area contributed by atoms with Crippen LogP contribution in [-0.2, 0) is 0 Å². The number of allylic oxidation sites excluding steroid dienone is 1. The number of aromatic nitrogens is 2.